The maximum atomic E-state index is 12.5. The first kappa shape index (κ1) is 51.9. The third-order valence-electron chi connectivity index (χ3n) is 8.05. The van der Waals surface area contributed by atoms with Crippen LogP contribution in [0.5, 0.6) is 0 Å². The second kappa shape index (κ2) is 40.6. The highest BCUT2D eigenvalue weighted by atomic mass is 31.2. The first-order valence-electron chi connectivity index (χ1n) is 20.8. The Morgan fingerprint density at radius 2 is 1.07 bits per heavy atom. The molecule has 0 aromatic carbocycles. The van der Waals surface area contributed by atoms with Crippen LogP contribution in [0.15, 0.2) is 97.2 Å². The van der Waals surface area contributed by atoms with Crippen LogP contribution in [0.1, 0.15) is 142 Å². The lowest BCUT2D eigenvalue weighted by atomic mass is 10.1. The Kier molecular flexibility index (Phi) is 38.3. The maximum Gasteiger partial charge on any atom is 0.472 e. The number of ether oxygens (including phenoxy) is 2. The van der Waals surface area contributed by atoms with E-state index in [2.05, 4.69) is 74.6 Å². The van der Waals surface area contributed by atoms with Crippen LogP contribution >= 0.6 is 7.82 Å². The molecule has 0 aliphatic rings. The summed E-state index contributed by atoms with van der Waals surface area (Å²) in [5, 5.41) is 0. The van der Waals surface area contributed by atoms with Crippen molar-refractivity contribution in [1.82, 2.24) is 0 Å². The molecular formula is C45H74NO8P. The van der Waals surface area contributed by atoms with Crippen molar-refractivity contribution in [3.8, 4) is 0 Å². The summed E-state index contributed by atoms with van der Waals surface area (Å²) in [5.74, 6) is -0.908. The van der Waals surface area contributed by atoms with Gasteiger partial charge in [-0.05, 0) is 77.0 Å². The average Bonchev–Trinajstić information content (AvgIpc) is 3.17. The fourth-order valence-electron chi connectivity index (χ4n) is 4.98. The second-order valence-corrected chi connectivity index (χ2v) is 14.7. The highest BCUT2D eigenvalue weighted by Gasteiger charge is 2.25. The molecule has 9 nitrogen and oxygen atoms in total. The number of phosphoric ester groups is 1. The molecule has 0 heterocycles. The molecule has 0 radical (unpaired) electrons. The maximum absolute atomic E-state index is 12.5. The van der Waals surface area contributed by atoms with Crippen LogP contribution < -0.4 is 5.73 Å². The zero-order chi connectivity index (χ0) is 40.3. The Hall–Kier alpha value is -3.07. The number of hydrogen-bond acceptors (Lipinski definition) is 8. The van der Waals surface area contributed by atoms with Gasteiger partial charge in [0.25, 0.3) is 0 Å². The zero-order valence-electron chi connectivity index (χ0n) is 34.1. The second-order valence-electron chi connectivity index (χ2n) is 13.2. The molecule has 0 aromatic rings. The lowest BCUT2D eigenvalue weighted by molar-refractivity contribution is -0.161. The fourth-order valence-corrected chi connectivity index (χ4v) is 5.74. The van der Waals surface area contributed by atoms with Crippen molar-refractivity contribution >= 4 is 19.8 Å². The van der Waals surface area contributed by atoms with Crippen molar-refractivity contribution in [2.24, 2.45) is 5.73 Å². The number of hydrogen-bond donors (Lipinski definition) is 2. The van der Waals surface area contributed by atoms with E-state index in [1.165, 1.54) is 25.7 Å². The molecule has 55 heavy (non-hydrogen) atoms. The molecule has 312 valence electrons. The highest BCUT2D eigenvalue weighted by Crippen LogP contribution is 2.43. The molecule has 0 aliphatic carbocycles. The van der Waals surface area contributed by atoms with Gasteiger partial charge in [-0.15, -0.1) is 0 Å². The molecule has 2 unspecified atom stereocenters. The number of allylic oxidation sites excluding steroid dienone is 16. The first-order chi connectivity index (χ1) is 26.8. The third-order valence-corrected chi connectivity index (χ3v) is 9.03. The predicted octanol–water partition coefficient (Wildman–Crippen LogP) is 11.8. The average molecular weight is 788 g/mol. The van der Waals surface area contributed by atoms with Crippen LogP contribution in [0, 0.1) is 0 Å². The Balaban J connectivity index is 4.26. The van der Waals surface area contributed by atoms with Gasteiger partial charge < -0.3 is 20.1 Å². The number of carbonyl (C=O) groups excluding carboxylic acids is 2. The van der Waals surface area contributed by atoms with Gasteiger partial charge in [-0.2, -0.15) is 0 Å². The van der Waals surface area contributed by atoms with Crippen LogP contribution in [0.2, 0.25) is 0 Å². The van der Waals surface area contributed by atoms with Gasteiger partial charge in [-0.1, -0.05) is 150 Å². The largest absolute Gasteiger partial charge is 0.472 e. The standard InChI is InChI=1S/C45H74NO8P/c1-3-5-7-9-11-13-15-17-18-19-20-21-22-23-24-26-27-29-31-33-35-37-44(47)51-41-43(42-53-55(49,50)52-40-39-46)54-45(48)38-36-34-32-30-28-25-16-14-12-10-8-6-4-2/h6,8,10-14,16-18,20-21,23-25,28,43H,3-5,7,9,15,19,22,26-27,29-42,46H2,1-2H3,(H,49,50)/b8-6+,12-10+,13-11+,16-14+,18-17+,21-20+,24-23+,28-25+. The van der Waals surface area contributed by atoms with Gasteiger partial charge in [0, 0.05) is 19.4 Å². The molecule has 0 aliphatic heterocycles. The molecule has 0 bridgehead atoms. The van der Waals surface area contributed by atoms with E-state index in [1.54, 1.807) is 0 Å². The lowest BCUT2D eigenvalue weighted by Gasteiger charge is -2.19. The topological polar surface area (TPSA) is 134 Å². The molecule has 10 heteroatoms. The highest BCUT2D eigenvalue weighted by molar-refractivity contribution is 7.47. The number of unbranched alkanes of at least 4 members (excludes halogenated alkanes) is 11. The number of esters is 2. The Bertz CT molecular complexity index is 1220. The summed E-state index contributed by atoms with van der Waals surface area (Å²) in [4.78, 5) is 34.8. The van der Waals surface area contributed by atoms with Crippen molar-refractivity contribution in [3.63, 3.8) is 0 Å². The normalized spacial score (nSPS) is 14.3. The minimum atomic E-state index is -4.40. The monoisotopic (exact) mass is 788 g/mol. The molecule has 0 saturated heterocycles. The molecule has 0 rings (SSSR count). The van der Waals surface area contributed by atoms with Gasteiger partial charge >= 0.3 is 19.8 Å². The zero-order valence-corrected chi connectivity index (χ0v) is 35.0. The number of carbonyl (C=O) groups is 2. The Morgan fingerprint density at radius 1 is 0.582 bits per heavy atom. The summed E-state index contributed by atoms with van der Waals surface area (Å²) in [7, 11) is -4.40. The molecule has 3 N–H and O–H groups in total. The van der Waals surface area contributed by atoms with E-state index in [1.807, 2.05) is 36.5 Å². The Labute approximate surface area is 334 Å². The van der Waals surface area contributed by atoms with Gasteiger partial charge in [-0.25, -0.2) is 4.57 Å². The minimum Gasteiger partial charge on any atom is -0.462 e. The van der Waals surface area contributed by atoms with Crippen LogP contribution in [0.25, 0.3) is 0 Å². The van der Waals surface area contributed by atoms with E-state index < -0.39 is 32.5 Å². The molecule has 0 saturated carbocycles. The van der Waals surface area contributed by atoms with Crippen LogP contribution in [-0.4, -0.2) is 49.3 Å². The van der Waals surface area contributed by atoms with E-state index in [0.29, 0.717) is 12.8 Å². The van der Waals surface area contributed by atoms with Crippen LogP contribution in [0.4, 0.5) is 0 Å². The third kappa shape index (κ3) is 40.4. The van der Waals surface area contributed by atoms with Crippen molar-refractivity contribution in [1.29, 1.82) is 0 Å². The van der Waals surface area contributed by atoms with E-state index >= 15 is 0 Å². The number of phosphoric acid groups is 1. The van der Waals surface area contributed by atoms with E-state index in [-0.39, 0.29) is 32.6 Å². The first-order valence-corrected chi connectivity index (χ1v) is 22.3. The smallest absolute Gasteiger partial charge is 0.462 e. The quantitative estimate of drug-likeness (QED) is 0.0207. The predicted molar refractivity (Wildman–Crippen MR) is 228 cm³/mol. The van der Waals surface area contributed by atoms with Crippen molar-refractivity contribution < 1.29 is 37.6 Å². The summed E-state index contributed by atoms with van der Waals surface area (Å²) in [6.45, 7) is 3.46. The summed E-state index contributed by atoms with van der Waals surface area (Å²) in [5.41, 5.74) is 5.33. The SMILES string of the molecule is CC/C=C/C=C/C=C/C=C/CCCCCC(=O)OC(COC(=O)CCCCCCC/C=C/C/C=C/C/C=C/C/C=C/CCCCC)COP(=O)(O)OCCN. The van der Waals surface area contributed by atoms with Crippen LogP contribution in [0.3, 0.4) is 0 Å². The van der Waals surface area contributed by atoms with Gasteiger partial charge in [0.1, 0.15) is 6.61 Å². The van der Waals surface area contributed by atoms with Crippen molar-refractivity contribution in [2.45, 2.75) is 148 Å². The fraction of sp³-hybridized carbons (Fsp3) is 0.600. The van der Waals surface area contributed by atoms with Gasteiger partial charge in [0.2, 0.25) is 0 Å². The van der Waals surface area contributed by atoms with Gasteiger partial charge in [-0.3, -0.25) is 18.6 Å². The van der Waals surface area contributed by atoms with E-state index in [0.717, 1.165) is 77.0 Å². The van der Waals surface area contributed by atoms with Gasteiger partial charge in [0.05, 0.1) is 13.2 Å². The molecule has 0 aromatic heterocycles. The van der Waals surface area contributed by atoms with Gasteiger partial charge in [0.15, 0.2) is 6.10 Å². The van der Waals surface area contributed by atoms with Crippen molar-refractivity contribution in [2.75, 3.05) is 26.4 Å². The Morgan fingerprint density at radius 3 is 1.67 bits per heavy atom. The minimum absolute atomic E-state index is 0.0378. The summed E-state index contributed by atoms with van der Waals surface area (Å²) in [6, 6.07) is 0. The summed E-state index contributed by atoms with van der Waals surface area (Å²) < 4.78 is 32.6. The van der Waals surface area contributed by atoms with E-state index in [4.69, 9.17) is 24.3 Å². The summed E-state index contributed by atoms with van der Waals surface area (Å²) in [6.07, 6.45) is 51.5. The molecule has 0 amide bonds. The lowest BCUT2D eigenvalue weighted by Crippen LogP contribution is -2.29. The molecule has 2 atom stereocenters. The number of nitrogens with two attached hydrogens (primary N) is 1. The summed E-state index contributed by atoms with van der Waals surface area (Å²) >= 11 is 0. The molecular weight excluding hydrogens is 713 g/mol. The number of rotatable bonds is 37. The molecule has 0 spiro atoms. The van der Waals surface area contributed by atoms with Crippen molar-refractivity contribution in [3.05, 3.63) is 97.2 Å². The van der Waals surface area contributed by atoms with E-state index in [9.17, 15) is 19.0 Å². The van der Waals surface area contributed by atoms with Crippen LogP contribution in [-0.2, 0) is 32.7 Å². The molecule has 0 fully saturated rings.